The monoisotopic (exact) mass is 326 g/mol. The summed E-state index contributed by atoms with van der Waals surface area (Å²) >= 11 is 1.69. The van der Waals surface area contributed by atoms with Crippen LogP contribution in [0, 0.1) is 13.8 Å². The van der Waals surface area contributed by atoms with Crippen LogP contribution in [-0.2, 0) is 13.6 Å². The first-order valence-corrected chi connectivity index (χ1v) is 8.27. The molecule has 4 nitrogen and oxygen atoms in total. The minimum Gasteiger partial charge on any atom is -0.348 e. The Balaban J connectivity index is 1.82. The van der Waals surface area contributed by atoms with Gasteiger partial charge in [-0.25, -0.2) is 0 Å². The van der Waals surface area contributed by atoms with Crippen LogP contribution in [-0.4, -0.2) is 10.5 Å². The van der Waals surface area contributed by atoms with E-state index in [0.717, 1.165) is 11.3 Å². The summed E-state index contributed by atoms with van der Waals surface area (Å²) in [7, 11) is 1.68. The molecule has 3 rings (SSSR count). The molecule has 0 radical (unpaired) electrons. The first-order chi connectivity index (χ1) is 11.0. The molecule has 0 saturated heterocycles. The molecule has 0 unspecified atom stereocenters. The summed E-state index contributed by atoms with van der Waals surface area (Å²) in [6, 6.07) is 10.0. The zero-order valence-electron chi connectivity index (χ0n) is 13.3. The van der Waals surface area contributed by atoms with Gasteiger partial charge in [0.15, 0.2) is 0 Å². The van der Waals surface area contributed by atoms with Crippen molar-refractivity contribution in [1.82, 2.24) is 9.88 Å². The molecule has 1 aromatic carbocycles. The molecule has 0 atom stereocenters. The number of aromatic nitrogens is 1. The Bertz CT molecular complexity index is 953. The smallest absolute Gasteiger partial charge is 0.263 e. The predicted molar refractivity (Wildman–Crippen MR) is 94.2 cm³/mol. The molecule has 2 heterocycles. The van der Waals surface area contributed by atoms with Gasteiger partial charge in [0.2, 0.25) is 0 Å². The van der Waals surface area contributed by atoms with Gasteiger partial charge in [-0.2, -0.15) is 0 Å². The van der Waals surface area contributed by atoms with E-state index in [1.54, 1.807) is 25.3 Å². The van der Waals surface area contributed by atoms with Crippen LogP contribution in [0.15, 0.2) is 40.5 Å². The SMILES string of the molecule is Cc1cc(C)n(C)c(=O)c1C(=O)NCc1ccc2sccc2c1. The van der Waals surface area contributed by atoms with Crippen molar-refractivity contribution in [2.24, 2.45) is 7.05 Å². The third kappa shape index (κ3) is 2.92. The lowest BCUT2D eigenvalue weighted by molar-refractivity contribution is 0.0948. The van der Waals surface area contributed by atoms with E-state index in [9.17, 15) is 9.59 Å². The molecule has 0 saturated carbocycles. The number of rotatable bonds is 3. The second-order valence-electron chi connectivity index (χ2n) is 5.68. The van der Waals surface area contributed by atoms with Crippen LogP contribution < -0.4 is 10.9 Å². The molecule has 0 aliphatic carbocycles. The second kappa shape index (κ2) is 6.01. The number of pyridine rings is 1. The standard InChI is InChI=1S/C18H18N2O2S/c1-11-8-12(2)20(3)18(22)16(11)17(21)19-10-13-4-5-15-14(9-13)6-7-23-15/h4-9H,10H2,1-3H3,(H,19,21). The Morgan fingerprint density at radius 2 is 2.00 bits per heavy atom. The maximum absolute atomic E-state index is 12.4. The zero-order valence-corrected chi connectivity index (χ0v) is 14.2. The van der Waals surface area contributed by atoms with Gasteiger partial charge in [0.25, 0.3) is 11.5 Å². The van der Waals surface area contributed by atoms with Crippen LogP contribution in [0.2, 0.25) is 0 Å². The summed E-state index contributed by atoms with van der Waals surface area (Å²) < 4.78 is 2.72. The number of thiophene rings is 1. The highest BCUT2D eigenvalue weighted by atomic mass is 32.1. The molecule has 0 spiro atoms. The number of fused-ring (bicyclic) bond motifs is 1. The minimum atomic E-state index is -0.325. The molecule has 1 amide bonds. The van der Waals surface area contributed by atoms with Gasteiger partial charge < -0.3 is 9.88 Å². The number of hydrogen-bond acceptors (Lipinski definition) is 3. The Morgan fingerprint density at radius 1 is 1.22 bits per heavy atom. The number of carbonyl (C=O) groups is 1. The summed E-state index contributed by atoms with van der Waals surface area (Å²) in [5, 5.41) is 6.07. The average Bonchev–Trinajstić information content (AvgIpc) is 2.98. The summed E-state index contributed by atoms with van der Waals surface area (Å²) in [4.78, 5) is 24.7. The highest BCUT2D eigenvalue weighted by molar-refractivity contribution is 7.17. The molecular formula is C18H18N2O2S. The van der Waals surface area contributed by atoms with Crippen LogP contribution in [0.4, 0.5) is 0 Å². The molecule has 0 fully saturated rings. The topological polar surface area (TPSA) is 51.1 Å². The molecule has 23 heavy (non-hydrogen) atoms. The van der Waals surface area contributed by atoms with Gasteiger partial charge in [0, 0.05) is 24.0 Å². The lowest BCUT2D eigenvalue weighted by Gasteiger charge is -2.11. The number of nitrogens with zero attached hydrogens (tertiary/aromatic N) is 1. The molecule has 5 heteroatoms. The number of nitrogens with one attached hydrogen (secondary N) is 1. The average molecular weight is 326 g/mol. The van der Waals surface area contributed by atoms with Crippen molar-refractivity contribution in [3.63, 3.8) is 0 Å². The molecule has 118 valence electrons. The normalized spacial score (nSPS) is 10.9. The molecule has 3 aromatic rings. The molecular weight excluding hydrogens is 308 g/mol. The molecule has 2 aromatic heterocycles. The lowest BCUT2D eigenvalue weighted by Crippen LogP contribution is -2.33. The quantitative estimate of drug-likeness (QED) is 0.804. The lowest BCUT2D eigenvalue weighted by atomic mass is 10.1. The van der Waals surface area contributed by atoms with Crippen LogP contribution in [0.3, 0.4) is 0 Å². The van der Waals surface area contributed by atoms with Gasteiger partial charge in [-0.1, -0.05) is 6.07 Å². The fourth-order valence-electron chi connectivity index (χ4n) is 2.65. The molecule has 0 aliphatic heterocycles. The van der Waals surface area contributed by atoms with E-state index in [1.165, 1.54) is 14.7 Å². The fourth-order valence-corrected chi connectivity index (χ4v) is 3.42. The van der Waals surface area contributed by atoms with Crippen molar-refractivity contribution in [2.45, 2.75) is 20.4 Å². The molecule has 0 aliphatic rings. The maximum Gasteiger partial charge on any atom is 0.263 e. The number of aryl methyl sites for hydroxylation is 2. The predicted octanol–water partition coefficient (Wildman–Crippen LogP) is 3.15. The van der Waals surface area contributed by atoms with E-state index in [0.29, 0.717) is 12.1 Å². The van der Waals surface area contributed by atoms with Crippen LogP contribution >= 0.6 is 11.3 Å². The summed E-state index contributed by atoms with van der Waals surface area (Å²) in [6.07, 6.45) is 0. The number of benzene rings is 1. The highest BCUT2D eigenvalue weighted by Gasteiger charge is 2.16. The van der Waals surface area contributed by atoms with Crippen molar-refractivity contribution >= 4 is 27.3 Å². The number of carbonyl (C=O) groups excluding carboxylic acids is 1. The van der Waals surface area contributed by atoms with Crippen molar-refractivity contribution < 1.29 is 4.79 Å². The van der Waals surface area contributed by atoms with Crippen LogP contribution in [0.5, 0.6) is 0 Å². The van der Waals surface area contributed by atoms with Crippen LogP contribution in [0.25, 0.3) is 10.1 Å². The van der Waals surface area contributed by atoms with Gasteiger partial charge in [-0.3, -0.25) is 9.59 Å². The molecule has 0 bridgehead atoms. The minimum absolute atomic E-state index is 0.217. The molecule has 1 N–H and O–H groups in total. The Hall–Kier alpha value is -2.40. The Morgan fingerprint density at radius 3 is 2.78 bits per heavy atom. The Labute approximate surface area is 138 Å². The summed E-state index contributed by atoms with van der Waals surface area (Å²) in [5.74, 6) is -0.325. The van der Waals surface area contributed by atoms with E-state index >= 15 is 0 Å². The van der Waals surface area contributed by atoms with Crippen LogP contribution in [0.1, 0.15) is 27.2 Å². The van der Waals surface area contributed by atoms with Gasteiger partial charge in [0.1, 0.15) is 5.56 Å². The second-order valence-corrected chi connectivity index (χ2v) is 6.63. The van der Waals surface area contributed by atoms with E-state index < -0.39 is 0 Å². The van der Waals surface area contributed by atoms with E-state index in [2.05, 4.69) is 23.5 Å². The first-order valence-electron chi connectivity index (χ1n) is 7.39. The summed E-state index contributed by atoms with van der Waals surface area (Å²) in [5.41, 5.74) is 2.53. The fraction of sp³-hybridized carbons (Fsp3) is 0.222. The van der Waals surface area contributed by atoms with E-state index in [4.69, 9.17) is 0 Å². The van der Waals surface area contributed by atoms with Gasteiger partial charge in [-0.15, -0.1) is 11.3 Å². The number of amides is 1. The van der Waals surface area contributed by atoms with Crippen molar-refractivity contribution in [3.05, 3.63) is 68.4 Å². The van der Waals surface area contributed by atoms with Crippen molar-refractivity contribution in [3.8, 4) is 0 Å². The first kappa shape index (κ1) is 15.5. The van der Waals surface area contributed by atoms with E-state index in [-0.39, 0.29) is 17.0 Å². The summed E-state index contributed by atoms with van der Waals surface area (Å²) in [6.45, 7) is 4.05. The van der Waals surface area contributed by atoms with E-state index in [1.807, 2.05) is 24.4 Å². The maximum atomic E-state index is 12.4. The van der Waals surface area contributed by atoms with Crippen molar-refractivity contribution in [1.29, 1.82) is 0 Å². The van der Waals surface area contributed by atoms with Gasteiger partial charge >= 0.3 is 0 Å². The largest absolute Gasteiger partial charge is 0.348 e. The van der Waals surface area contributed by atoms with Gasteiger partial charge in [-0.05, 0) is 60.0 Å². The van der Waals surface area contributed by atoms with Gasteiger partial charge in [0.05, 0.1) is 0 Å². The zero-order chi connectivity index (χ0) is 16.6. The Kier molecular flexibility index (Phi) is 4.05. The highest BCUT2D eigenvalue weighted by Crippen LogP contribution is 2.21. The van der Waals surface area contributed by atoms with Crippen molar-refractivity contribution in [2.75, 3.05) is 0 Å². The third-order valence-corrected chi connectivity index (χ3v) is 4.96. The third-order valence-electron chi connectivity index (χ3n) is 4.06. The number of hydrogen-bond donors (Lipinski definition) is 1.